The van der Waals surface area contributed by atoms with Crippen LogP contribution in [-0.4, -0.2) is 47.6 Å². The zero-order valence-electron chi connectivity index (χ0n) is 11.0. The third-order valence-electron chi connectivity index (χ3n) is 3.30. The number of rotatable bonds is 3. The lowest BCUT2D eigenvalue weighted by molar-refractivity contribution is -0.121. The van der Waals surface area contributed by atoms with Gasteiger partial charge >= 0.3 is 0 Å². The van der Waals surface area contributed by atoms with Gasteiger partial charge in [-0.1, -0.05) is 12.1 Å². The first-order valence-electron chi connectivity index (χ1n) is 6.55. The summed E-state index contributed by atoms with van der Waals surface area (Å²) in [5.74, 6) is -0.721. The van der Waals surface area contributed by atoms with Gasteiger partial charge in [0.25, 0.3) is 5.91 Å². The highest BCUT2D eigenvalue weighted by molar-refractivity contribution is 9.10. The molecule has 1 aromatic carbocycles. The molecule has 5 nitrogen and oxygen atoms in total. The molecule has 20 heavy (non-hydrogen) atoms. The normalized spacial score (nSPS) is 16.9. The van der Waals surface area contributed by atoms with Crippen LogP contribution in [0.5, 0.6) is 0 Å². The smallest absolute Gasteiger partial charge is 0.259 e. The van der Waals surface area contributed by atoms with Crippen molar-refractivity contribution in [1.82, 2.24) is 10.2 Å². The molecule has 2 rings (SSSR count). The van der Waals surface area contributed by atoms with Gasteiger partial charge in [0.2, 0.25) is 5.91 Å². The first kappa shape index (κ1) is 15.2. The standard InChI is InChI=1S/C14H17BrN2O3/c15-12-4-2-1-3-11(12)14(20)16-13(19)9-17-7-5-10(18)6-8-17/h1-4,10,18H,5-9H2,(H,16,19,20). The first-order chi connectivity index (χ1) is 9.56. The highest BCUT2D eigenvalue weighted by Crippen LogP contribution is 2.15. The summed E-state index contributed by atoms with van der Waals surface area (Å²) in [5, 5.41) is 11.8. The van der Waals surface area contributed by atoms with Crippen LogP contribution in [0.15, 0.2) is 28.7 Å². The van der Waals surface area contributed by atoms with Gasteiger partial charge in [-0.25, -0.2) is 0 Å². The molecule has 6 heteroatoms. The molecule has 0 atom stereocenters. The van der Waals surface area contributed by atoms with Crippen molar-refractivity contribution in [3.8, 4) is 0 Å². The van der Waals surface area contributed by atoms with Gasteiger partial charge in [0.1, 0.15) is 0 Å². The number of carbonyl (C=O) groups excluding carboxylic acids is 2. The third kappa shape index (κ3) is 4.13. The van der Waals surface area contributed by atoms with Crippen LogP contribution in [-0.2, 0) is 4.79 Å². The largest absolute Gasteiger partial charge is 0.393 e. The topological polar surface area (TPSA) is 69.6 Å². The number of amides is 2. The Bertz CT molecular complexity index is 499. The summed E-state index contributed by atoms with van der Waals surface area (Å²) in [5.41, 5.74) is 0.440. The van der Waals surface area contributed by atoms with Crippen LogP contribution < -0.4 is 5.32 Å². The van der Waals surface area contributed by atoms with E-state index in [1.54, 1.807) is 18.2 Å². The molecule has 1 aromatic rings. The summed E-state index contributed by atoms with van der Waals surface area (Å²) >= 11 is 3.28. The maximum Gasteiger partial charge on any atom is 0.259 e. The average Bonchev–Trinajstić information content (AvgIpc) is 2.41. The molecular weight excluding hydrogens is 324 g/mol. The minimum atomic E-state index is -0.403. The quantitative estimate of drug-likeness (QED) is 0.866. The van der Waals surface area contributed by atoms with E-state index in [9.17, 15) is 14.7 Å². The van der Waals surface area contributed by atoms with E-state index >= 15 is 0 Å². The number of nitrogens with zero attached hydrogens (tertiary/aromatic N) is 1. The first-order valence-corrected chi connectivity index (χ1v) is 7.34. The van der Waals surface area contributed by atoms with Crippen LogP contribution in [0.25, 0.3) is 0 Å². The maximum atomic E-state index is 11.9. The van der Waals surface area contributed by atoms with E-state index in [1.807, 2.05) is 11.0 Å². The fourth-order valence-corrected chi connectivity index (χ4v) is 2.62. The zero-order valence-corrected chi connectivity index (χ0v) is 12.6. The van der Waals surface area contributed by atoms with Crippen molar-refractivity contribution < 1.29 is 14.7 Å². The molecular formula is C14H17BrN2O3. The second-order valence-corrected chi connectivity index (χ2v) is 5.72. The fraction of sp³-hybridized carbons (Fsp3) is 0.429. The number of aliphatic hydroxyl groups excluding tert-OH is 1. The number of piperidine rings is 1. The van der Waals surface area contributed by atoms with E-state index < -0.39 is 5.91 Å². The number of hydrogen-bond donors (Lipinski definition) is 2. The number of hydrogen-bond acceptors (Lipinski definition) is 4. The van der Waals surface area contributed by atoms with E-state index in [4.69, 9.17) is 0 Å². The van der Waals surface area contributed by atoms with Gasteiger partial charge in [0.05, 0.1) is 18.2 Å². The van der Waals surface area contributed by atoms with Crippen LogP contribution in [0.3, 0.4) is 0 Å². The Balaban J connectivity index is 1.85. The van der Waals surface area contributed by atoms with Gasteiger partial charge in [-0.15, -0.1) is 0 Å². The van der Waals surface area contributed by atoms with Gasteiger partial charge < -0.3 is 5.11 Å². The Hall–Kier alpha value is -1.24. The molecule has 1 aliphatic heterocycles. The summed E-state index contributed by atoms with van der Waals surface area (Å²) in [7, 11) is 0. The molecule has 0 unspecified atom stereocenters. The van der Waals surface area contributed by atoms with Crippen LogP contribution in [0, 0.1) is 0 Å². The van der Waals surface area contributed by atoms with Crippen LogP contribution in [0.2, 0.25) is 0 Å². The zero-order chi connectivity index (χ0) is 14.5. The van der Waals surface area contributed by atoms with Gasteiger partial charge in [0, 0.05) is 17.6 Å². The molecule has 0 aromatic heterocycles. The van der Waals surface area contributed by atoms with E-state index in [1.165, 1.54) is 0 Å². The van der Waals surface area contributed by atoms with Crippen LogP contribution in [0.4, 0.5) is 0 Å². The Labute approximate surface area is 126 Å². The minimum absolute atomic E-state index is 0.183. The lowest BCUT2D eigenvalue weighted by atomic mass is 10.1. The molecule has 1 fully saturated rings. The predicted octanol–water partition coefficient (Wildman–Crippen LogP) is 1.16. The molecule has 108 valence electrons. The Morgan fingerprint density at radius 2 is 1.95 bits per heavy atom. The molecule has 0 saturated carbocycles. The predicted molar refractivity (Wildman–Crippen MR) is 78.3 cm³/mol. The second kappa shape index (κ2) is 6.97. The van der Waals surface area contributed by atoms with E-state index in [0.29, 0.717) is 36.0 Å². The Morgan fingerprint density at radius 1 is 1.30 bits per heavy atom. The Morgan fingerprint density at radius 3 is 2.60 bits per heavy atom. The van der Waals surface area contributed by atoms with Gasteiger partial charge in [-0.2, -0.15) is 0 Å². The van der Waals surface area contributed by atoms with E-state index in [-0.39, 0.29) is 18.6 Å². The monoisotopic (exact) mass is 340 g/mol. The molecule has 0 spiro atoms. The molecule has 0 bridgehead atoms. The summed E-state index contributed by atoms with van der Waals surface area (Å²) in [6.07, 6.45) is 1.08. The number of imide groups is 1. The van der Waals surface area contributed by atoms with Gasteiger partial charge in [-0.05, 0) is 40.9 Å². The second-order valence-electron chi connectivity index (χ2n) is 4.86. The lowest BCUT2D eigenvalue weighted by Crippen LogP contribution is -2.44. The summed E-state index contributed by atoms with van der Waals surface area (Å²) < 4.78 is 0.659. The van der Waals surface area contributed by atoms with Crippen molar-refractivity contribution in [3.63, 3.8) is 0 Å². The van der Waals surface area contributed by atoms with Gasteiger partial charge in [0.15, 0.2) is 0 Å². The molecule has 0 aliphatic carbocycles. The Kier molecular flexibility index (Phi) is 5.28. The SMILES string of the molecule is O=C(CN1CCC(O)CC1)NC(=O)c1ccccc1Br. The average molecular weight is 341 g/mol. The molecule has 1 saturated heterocycles. The summed E-state index contributed by atoms with van der Waals surface area (Å²) in [6, 6.07) is 6.97. The van der Waals surface area contributed by atoms with Crippen molar-refractivity contribution in [2.75, 3.05) is 19.6 Å². The van der Waals surface area contributed by atoms with Crippen molar-refractivity contribution in [2.45, 2.75) is 18.9 Å². The highest BCUT2D eigenvalue weighted by atomic mass is 79.9. The number of nitrogens with one attached hydrogen (secondary N) is 1. The number of benzene rings is 1. The lowest BCUT2D eigenvalue weighted by Gasteiger charge is -2.28. The highest BCUT2D eigenvalue weighted by Gasteiger charge is 2.20. The van der Waals surface area contributed by atoms with Crippen LogP contribution in [0.1, 0.15) is 23.2 Å². The van der Waals surface area contributed by atoms with E-state index in [2.05, 4.69) is 21.2 Å². The van der Waals surface area contributed by atoms with Crippen molar-refractivity contribution in [3.05, 3.63) is 34.3 Å². The van der Waals surface area contributed by atoms with Crippen LogP contribution >= 0.6 is 15.9 Å². The van der Waals surface area contributed by atoms with Crippen molar-refractivity contribution in [1.29, 1.82) is 0 Å². The molecule has 1 heterocycles. The summed E-state index contributed by atoms with van der Waals surface area (Å²) in [6.45, 7) is 1.54. The number of halogens is 1. The molecule has 0 radical (unpaired) electrons. The summed E-state index contributed by atoms with van der Waals surface area (Å²) in [4.78, 5) is 25.7. The molecule has 1 aliphatic rings. The maximum absolute atomic E-state index is 11.9. The van der Waals surface area contributed by atoms with Gasteiger partial charge in [-0.3, -0.25) is 19.8 Å². The van der Waals surface area contributed by atoms with Crippen molar-refractivity contribution in [2.24, 2.45) is 0 Å². The fourth-order valence-electron chi connectivity index (χ4n) is 2.16. The third-order valence-corrected chi connectivity index (χ3v) is 3.99. The molecule has 2 amide bonds. The van der Waals surface area contributed by atoms with Crippen molar-refractivity contribution >= 4 is 27.7 Å². The molecule has 2 N–H and O–H groups in total. The number of likely N-dealkylation sites (tertiary alicyclic amines) is 1. The minimum Gasteiger partial charge on any atom is -0.393 e. The number of carbonyl (C=O) groups is 2. The van der Waals surface area contributed by atoms with E-state index in [0.717, 1.165) is 0 Å². The number of aliphatic hydroxyl groups is 1.